The standard InChI is InChI=1S/C17H23NO2S/c19-16-10-4-5-11-17(20)18(16)12-6-7-13-21-14-15-8-2-1-3-9-15/h1-3,8-9H,4-7,10-14H2. The molecule has 0 radical (unpaired) electrons. The molecule has 1 aromatic rings. The molecule has 1 aromatic carbocycles. The highest BCUT2D eigenvalue weighted by molar-refractivity contribution is 7.98. The third-order valence-corrected chi connectivity index (χ3v) is 4.78. The molecule has 1 heterocycles. The summed E-state index contributed by atoms with van der Waals surface area (Å²) in [5, 5.41) is 0. The second-order valence-corrected chi connectivity index (χ2v) is 6.50. The van der Waals surface area contributed by atoms with Crippen LogP contribution in [0, 0.1) is 0 Å². The molecular formula is C17H23NO2S. The van der Waals surface area contributed by atoms with Crippen LogP contribution in [0.1, 0.15) is 44.1 Å². The molecule has 0 N–H and O–H groups in total. The van der Waals surface area contributed by atoms with E-state index in [2.05, 4.69) is 24.3 Å². The molecule has 3 nitrogen and oxygen atoms in total. The first kappa shape index (κ1) is 16.1. The lowest BCUT2D eigenvalue weighted by atomic mass is 10.2. The van der Waals surface area contributed by atoms with Crippen molar-refractivity contribution in [2.75, 3.05) is 12.3 Å². The monoisotopic (exact) mass is 305 g/mol. The van der Waals surface area contributed by atoms with Gasteiger partial charge in [-0.3, -0.25) is 14.5 Å². The number of rotatable bonds is 7. The van der Waals surface area contributed by atoms with Crippen LogP contribution in [0.3, 0.4) is 0 Å². The first-order valence-corrected chi connectivity index (χ1v) is 8.88. The molecule has 1 aliphatic rings. The van der Waals surface area contributed by atoms with Crippen LogP contribution in [-0.2, 0) is 15.3 Å². The van der Waals surface area contributed by atoms with Gasteiger partial charge in [0.1, 0.15) is 0 Å². The summed E-state index contributed by atoms with van der Waals surface area (Å²) in [5.74, 6) is 2.15. The van der Waals surface area contributed by atoms with Gasteiger partial charge in [0.15, 0.2) is 0 Å². The lowest BCUT2D eigenvalue weighted by Crippen LogP contribution is -2.35. The van der Waals surface area contributed by atoms with E-state index in [1.165, 1.54) is 10.5 Å². The normalized spacial score (nSPS) is 16.1. The summed E-state index contributed by atoms with van der Waals surface area (Å²) in [6.45, 7) is 0.601. The predicted molar refractivity (Wildman–Crippen MR) is 87.0 cm³/mol. The second kappa shape index (κ2) is 8.88. The molecule has 114 valence electrons. The van der Waals surface area contributed by atoms with Gasteiger partial charge in [-0.25, -0.2) is 0 Å². The van der Waals surface area contributed by atoms with Gasteiger partial charge in [0.05, 0.1) is 0 Å². The van der Waals surface area contributed by atoms with Crippen LogP contribution in [0.2, 0.25) is 0 Å². The summed E-state index contributed by atoms with van der Waals surface area (Å²) in [7, 11) is 0. The van der Waals surface area contributed by atoms with Crippen molar-refractivity contribution in [1.29, 1.82) is 0 Å². The Balaban J connectivity index is 1.60. The molecule has 0 saturated carbocycles. The fourth-order valence-corrected chi connectivity index (χ4v) is 3.43. The zero-order valence-electron chi connectivity index (χ0n) is 12.4. The van der Waals surface area contributed by atoms with Crippen LogP contribution < -0.4 is 0 Å². The highest BCUT2D eigenvalue weighted by Crippen LogP contribution is 2.16. The fraction of sp³-hybridized carbons (Fsp3) is 0.529. The van der Waals surface area contributed by atoms with Crippen molar-refractivity contribution in [2.45, 2.75) is 44.3 Å². The SMILES string of the molecule is O=C1CCCCC(=O)N1CCCCSCc1ccccc1. The van der Waals surface area contributed by atoms with Gasteiger partial charge in [0.2, 0.25) is 11.8 Å². The average molecular weight is 305 g/mol. The Labute approximate surface area is 131 Å². The lowest BCUT2D eigenvalue weighted by Gasteiger charge is -2.18. The van der Waals surface area contributed by atoms with E-state index in [0.717, 1.165) is 37.2 Å². The van der Waals surface area contributed by atoms with Gasteiger partial charge in [-0.1, -0.05) is 30.3 Å². The van der Waals surface area contributed by atoms with Gasteiger partial charge in [-0.2, -0.15) is 11.8 Å². The van der Waals surface area contributed by atoms with Gasteiger partial charge < -0.3 is 0 Å². The van der Waals surface area contributed by atoms with Crippen molar-refractivity contribution < 1.29 is 9.59 Å². The molecule has 2 amide bonds. The molecule has 2 rings (SSSR count). The fourth-order valence-electron chi connectivity index (χ4n) is 2.45. The van der Waals surface area contributed by atoms with E-state index in [1.54, 1.807) is 0 Å². The number of unbranched alkanes of at least 4 members (excludes halogenated alkanes) is 1. The minimum atomic E-state index is 0.0226. The number of benzene rings is 1. The molecule has 21 heavy (non-hydrogen) atoms. The highest BCUT2D eigenvalue weighted by Gasteiger charge is 2.22. The van der Waals surface area contributed by atoms with Crippen molar-refractivity contribution in [1.82, 2.24) is 4.90 Å². The zero-order chi connectivity index (χ0) is 14.9. The van der Waals surface area contributed by atoms with Gasteiger partial charge in [0.25, 0.3) is 0 Å². The van der Waals surface area contributed by atoms with E-state index in [4.69, 9.17) is 0 Å². The highest BCUT2D eigenvalue weighted by atomic mass is 32.2. The van der Waals surface area contributed by atoms with E-state index in [-0.39, 0.29) is 11.8 Å². The molecule has 0 spiro atoms. The van der Waals surface area contributed by atoms with E-state index in [9.17, 15) is 9.59 Å². The number of imide groups is 1. The minimum Gasteiger partial charge on any atom is -0.283 e. The molecule has 1 aliphatic heterocycles. The Morgan fingerprint density at radius 1 is 0.952 bits per heavy atom. The van der Waals surface area contributed by atoms with Gasteiger partial charge in [-0.15, -0.1) is 0 Å². The van der Waals surface area contributed by atoms with E-state index in [0.29, 0.717) is 19.4 Å². The van der Waals surface area contributed by atoms with E-state index in [1.807, 2.05) is 17.8 Å². The average Bonchev–Trinajstić information content (AvgIpc) is 2.66. The Bertz CT molecular complexity index is 443. The van der Waals surface area contributed by atoms with Crippen molar-refractivity contribution in [3.05, 3.63) is 35.9 Å². The third-order valence-electron chi connectivity index (χ3n) is 3.67. The van der Waals surface area contributed by atoms with Crippen molar-refractivity contribution >= 4 is 23.6 Å². The summed E-state index contributed by atoms with van der Waals surface area (Å²) in [6, 6.07) is 10.4. The van der Waals surface area contributed by atoms with E-state index < -0.39 is 0 Å². The van der Waals surface area contributed by atoms with Crippen molar-refractivity contribution in [2.24, 2.45) is 0 Å². The summed E-state index contributed by atoms with van der Waals surface area (Å²) in [5.41, 5.74) is 1.35. The molecular weight excluding hydrogens is 282 g/mol. The topological polar surface area (TPSA) is 37.4 Å². The van der Waals surface area contributed by atoms with Crippen LogP contribution in [0.5, 0.6) is 0 Å². The van der Waals surface area contributed by atoms with Crippen LogP contribution in [0.25, 0.3) is 0 Å². The molecule has 4 heteroatoms. The quantitative estimate of drug-likeness (QED) is 0.570. The molecule has 1 fully saturated rings. The lowest BCUT2D eigenvalue weighted by molar-refractivity contribution is -0.143. The molecule has 0 atom stereocenters. The third kappa shape index (κ3) is 5.54. The number of hydrogen-bond donors (Lipinski definition) is 0. The predicted octanol–water partition coefficient (Wildman–Crippen LogP) is 3.63. The first-order valence-electron chi connectivity index (χ1n) is 7.72. The van der Waals surface area contributed by atoms with E-state index >= 15 is 0 Å². The molecule has 0 unspecified atom stereocenters. The number of carbonyl (C=O) groups is 2. The number of nitrogens with zero attached hydrogens (tertiary/aromatic N) is 1. The van der Waals surface area contributed by atoms with Gasteiger partial charge in [0, 0.05) is 25.1 Å². The number of carbonyl (C=O) groups excluding carboxylic acids is 2. The zero-order valence-corrected chi connectivity index (χ0v) is 13.2. The maximum atomic E-state index is 11.8. The number of hydrogen-bond acceptors (Lipinski definition) is 3. The Kier molecular flexibility index (Phi) is 6.80. The van der Waals surface area contributed by atoms with Crippen molar-refractivity contribution in [3.8, 4) is 0 Å². The number of likely N-dealkylation sites (tertiary alicyclic amines) is 1. The Hall–Kier alpha value is -1.29. The number of amides is 2. The maximum absolute atomic E-state index is 11.8. The van der Waals surface area contributed by atoms with Gasteiger partial charge >= 0.3 is 0 Å². The largest absolute Gasteiger partial charge is 0.283 e. The van der Waals surface area contributed by atoms with Crippen molar-refractivity contribution in [3.63, 3.8) is 0 Å². The molecule has 1 saturated heterocycles. The number of thioether (sulfide) groups is 1. The summed E-state index contributed by atoms with van der Waals surface area (Å²) < 4.78 is 0. The van der Waals surface area contributed by atoms with Crippen LogP contribution in [0.4, 0.5) is 0 Å². The Morgan fingerprint density at radius 3 is 2.29 bits per heavy atom. The molecule has 0 aliphatic carbocycles. The van der Waals surface area contributed by atoms with Crippen LogP contribution in [0.15, 0.2) is 30.3 Å². The second-order valence-electron chi connectivity index (χ2n) is 5.39. The summed E-state index contributed by atoms with van der Waals surface area (Å²) in [6.07, 6.45) is 4.75. The van der Waals surface area contributed by atoms with Gasteiger partial charge in [-0.05, 0) is 37.0 Å². The molecule has 0 bridgehead atoms. The summed E-state index contributed by atoms with van der Waals surface area (Å²) >= 11 is 1.91. The Morgan fingerprint density at radius 2 is 1.62 bits per heavy atom. The minimum absolute atomic E-state index is 0.0226. The van der Waals surface area contributed by atoms with Crippen LogP contribution in [-0.4, -0.2) is 29.0 Å². The smallest absolute Gasteiger partial charge is 0.229 e. The van der Waals surface area contributed by atoms with Crippen LogP contribution >= 0.6 is 11.8 Å². The summed E-state index contributed by atoms with van der Waals surface area (Å²) in [4.78, 5) is 25.1. The maximum Gasteiger partial charge on any atom is 0.229 e. The first-order chi connectivity index (χ1) is 10.3. The molecule has 0 aromatic heterocycles.